The van der Waals surface area contributed by atoms with Crippen LogP contribution in [0, 0.1) is 0 Å². The van der Waals surface area contributed by atoms with Crippen molar-refractivity contribution in [3.63, 3.8) is 0 Å². The maximum atomic E-state index is 11.9. The Hall–Kier alpha value is -1.36. The quantitative estimate of drug-likeness (QED) is 0.137. The summed E-state index contributed by atoms with van der Waals surface area (Å²) in [5.41, 5.74) is 0. The number of aliphatic carboxylic acids is 1. The lowest BCUT2D eigenvalue weighted by Crippen LogP contribution is -2.48. The van der Waals surface area contributed by atoms with Gasteiger partial charge in [-0.2, -0.15) is 0 Å². The Morgan fingerprint density at radius 3 is 2.00 bits per heavy atom. The maximum Gasteiger partial charge on any atom is 0.334 e. The lowest BCUT2D eigenvalue weighted by atomic mass is 10.1. The van der Waals surface area contributed by atoms with E-state index in [9.17, 15) is 14.7 Å². The standard InChI is InChI=1S/C21H39NO4/c1-5-6-7-8-9-10-11-12-13-14-15-16-21(25)26-19(22(2,3)4)17-18-20(23)24/h15-16,19H,5-14,17-18H2,1-4H3/b16-15+/t19-/m0/s1. The molecule has 0 amide bonds. The van der Waals surface area contributed by atoms with Gasteiger partial charge in [0, 0.05) is 18.5 Å². The molecule has 0 aliphatic heterocycles. The Balaban J connectivity index is 3.87. The van der Waals surface area contributed by atoms with Crippen molar-refractivity contribution in [1.82, 2.24) is 0 Å². The summed E-state index contributed by atoms with van der Waals surface area (Å²) in [6.07, 6.45) is 15.4. The van der Waals surface area contributed by atoms with Crippen LogP contribution in [0.15, 0.2) is 12.2 Å². The fourth-order valence-electron chi connectivity index (χ4n) is 2.77. The van der Waals surface area contributed by atoms with E-state index < -0.39 is 18.2 Å². The first-order chi connectivity index (χ1) is 12.3. The molecule has 0 aromatic rings. The van der Waals surface area contributed by atoms with Crippen molar-refractivity contribution in [2.45, 2.75) is 90.2 Å². The van der Waals surface area contributed by atoms with Crippen molar-refractivity contribution in [1.29, 1.82) is 0 Å². The average molecular weight is 370 g/mol. The van der Waals surface area contributed by atoms with Gasteiger partial charge in [-0.25, -0.2) is 4.79 Å². The number of nitrogens with zero attached hydrogens (tertiary/aromatic N) is 1. The Morgan fingerprint density at radius 2 is 1.50 bits per heavy atom. The first kappa shape index (κ1) is 24.6. The number of carboxylic acids is 1. The molecule has 5 nitrogen and oxygen atoms in total. The molecule has 0 rings (SSSR count). The van der Waals surface area contributed by atoms with E-state index in [0.29, 0.717) is 4.48 Å². The highest BCUT2D eigenvalue weighted by atomic mass is 16.6. The maximum absolute atomic E-state index is 11.9. The van der Waals surface area contributed by atoms with Crippen molar-refractivity contribution in [3.05, 3.63) is 12.2 Å². The fraction of sp³-hybridized carbons (Fsp3) is 0.810. The summed E-state index contributed by atoms with van der Waals surface area (Å²) >= 11 is 0. The van der Waals surface area contributed by atoms with E-state index in [-0.39, 0.29) is 12.8 Å². The molecule has 26 heavy (non-hydrogen) atoms. The molecular weight excluding hydrogens is 330 g/mol. The third kappa shape index (κ3) is 14.9. The predicted octanol–water partition coefficient (Wildman–Crippen LogP) is 3.57. The molecule has 0 bridgehead atoms. The van der Waals surface area contributed by atoms with Gasteiger partial charge in [-0.05, 0) is 19.3 Å². The molecule has 0 unspecified atom stereocenters. The van der Waals surface area contributed by atoms with Crippen molar-refractivity contribution >= 4 is 11.9 Å². The lowest BCUT2D eigenvalue weighted by molar-refractivity contribution is -0.917. The molecular formula is C21H39NO4. The summed E-state index contributed by atoms with van der Waals surface area (Å²) in [5.74, 6) is -1.53. The molecule has 0 aliphatic carbocycles. The van der Waals surface area contributed by atoms with Crippen LogP contribution in [0.5, 0.6) is 0 Å². The third-order valence-corrected chi connectivity index (χ3v) is 4.44. The van der Waals surface area contributed by atoms with Crippen LogP contribution in [0.1, 0.15) is 84.0 Å². The molecule has 1 atom stereocenters. The van der Waals surface area contributed by atoms with Crippen LogP contribution in [-0.2, 0) is 14.3 Å². The summed E-state index contributed by atoms with van der Waals surface area (Å²) in [6, 6.07) is 0. The molecule has 0 spiro atoms. The second-order valence-electron chi connectivity index (χ2n) is 7.94. The summed E-state index contributed by atoms with van der Waals surface area (Å²) in [4.78, 5) is 22.6. The van der Waals surface area contributed by atoms with Gasteiger partial charge in [0.25, 0.3) is 0 Å². The number of quaternary nitrogens is 1. The Bertz CT molecular complexity index is 413. The molecule has 0 aromatic carbocycles. The number of rotatable bonds is 16. The Labute approximate surface area is 160 Å². The number of hydrogen-bond acceptors (Lipinski definition) is 4. The third-order valence-electron chi connectivity index (χ3n) is 4.44. The SMILES string of the molecule is CCCCCCCCCCC/C=C/C(=O)O[C@@H](CCC(=O)[O-])[N+](C)(C)C. The number of allylic oxidation sites excluding steroid dienone is 1. The topological polar surface area (TPSA) is 66.4 Å². The summed E-state index contributed by atoms with van der Waals surface area (Å²) in [7, 11) is 5.62. The molecule has 0 saturated heterocycles. The molecule has 0 saturated carbocycles. The summed E-state index contributed by atoms with van der Waals surface area (Å²) in [6.45, 7) is 2.24. The van der Waals surface area contributed by atoms with Gasteiger partial charge in [0.1, 0.15) is 0 Å². The van der Waals surface area contributed by atoms with Gasteiger partial charge in [-0.15, -0.1) is 0 Å². The summed E-state index contributed by atoms with van der Waals surface area (Å²) < 4.78 is 5.78. The van der Waals surface area contributed by atoms with Crippen LogP contribution in [0.4, 0.5) is 0 Å². The minimum Gasteiger partial charge on any atom is -0.550 e. The number of unbranched alkanes of at least 4 members (excludes halogenated alkanes) is 9. The van der Waals surface area contributed by atoms with Crippen molar-refractivity contribution in [2.75, 3.05) is 21.1 Å². The number of ether oxygens (including phenoxy) is 1. The van der Waals surface area contributed by atoms with Gasteiger partial charge in [-0.3, -0.25) is 4.48 Å². The van der Waals surface area contributed by atoms with Gasteiger partial charge in [-0.1, -0.05) is 64.4 Å². The van der Waals surface area contributed by atoms with Gasteiger partial charge < -0.3 is 14.6 Å². The van der Waals surface area contributed by atoms with Gasteiger partial charge in [0.15, 0.2) is 0 Å². The highest BCUT2D eigenvalue weighted by Crippen LogP contribution is 2.13. The zero-order valence-corrected chi connectivity index (χ0v) is 17.3. The minimum atomic E-state index is -1.12. The lowest BCUT2D eigenvalue weighted by Gasteiger charge is -2.33. The summed E-state index contributed by atoms with van der Waals surface area (Å²) in [5, 5.41) is 10.6. The van der Waals surface area contributed by atoms with Gasteiger partial charge in [0.05, 0.1) is 21.1 Å². The molecule has 0 radical (unpaired) electrons. The normalized spacial score (nSPS) is 13.1. The molecule has 0 heterocycles. The minimum absolute atomic E-state index is 0.115. The van der Waals surface area contributed by atoms with E-state index in [1.807, 2.05) is 27.2 Å². The van der Waals surface area contributed by atoms with Crippen molar-refractivity contribution in [2.24, 2.45) is 0 Å². The first-order valence-corrected chi connectivity index (χ1v) is 10.2. The van der Waals surface area contributed by atoms with Crippen LogP contribution in [0.2, 0.25) is 0 Å². The number of hydrogen-bond donors (Lipinski definition) is 0. The van der Waals surface area contributed by atoms with Crippen LogP contribution in [0.25, 0.3) is 0 Å². The van der Waals surface area contributed by atoms with Crippen molar-refractivity contribution in [3.8, 4) is 0 Å². The van der Waals surface area contributed by atoms with Crippen LogP contribution in [0.3, 0.4) is 0 Å². The second kappa shape index (κ2) is 14.8. The molecule has 0 fully saturated rings. The predicted molar refractivity (Wildman–Crippen MR) is 103 cm³/mol. The number of esters is 1. The van der Waals surface area contributed by atoms with E-state index in [1.165, 1.54) is 57.4 Å². The highest BCUT2D eigenvalue weighted by Gasteiger charge is 2.26. The monoisotopic (exact) mass is 369 g/mol. The zero-order chi connectivity index (χ0) is 19.8. The molecule has 152 valence electrons. The van der Waals surface area contributed by atoms with Gasteiger partial charge >= 0.3 is 5.97 Å². The van der Waals surface area contributed by atoms with E-state index in [2.05, 4.69) is 6.92 Å². The van der Waals surface area contributed by atoms with Crippen LogP contribution in [-0.4, -0.2) is 43.8 Å². The Morgan fingerprint density at radius 1 is 0.962 bits per heavy atom. The zero-order valence-electron chi connectivity index (χ0n) is 17.3. The largest absolute Gasteiger partial charge is 0.550 e. The molecule has 0 aromatic heterocycles. The number of carbonyl (C=O) groups is 2. The van der Waals surface area contributed by atoms with E-state index in [4.69, 9.17) is 4.74 Å². The van der Waals surface area contributed by atoms with Crippen LogP contribution >= 0.6 is 0 Å². The average Bonchev–Trinajstić information content (AvgIpc) is 2.55. The number of carbonyl (C=O) groups excluding carboxylic acids is 2. The van der Waals surface area contributed by atoms with E-state index in [1.54, 1.807) is 0 Å². The van der Waals surface area contributed by atoms with Crippen molar-refractivity contribution < 1.29 is 23.9 Å². The van der Waals surface area contributed by atoms with E-state index in [0.717, 1.165) is 12.8 Å². The van der Waals surface area contributed by atoms with Gasteiger partial charge in [0.2, 0.25) is 6.23 Å². The molecule has 5 heteroatoms. The first-order valence-electron chi connectivity index (χ1n) is 10.2. The molecule has 0 N–H and O–H groups in total. The smallest absolute Gasteiger partial charge is 0.334 e. The second-order valence-corrected chi connectivity index (χ2v) is 7.94. The van der Waals surface area contributed by atoms with Crippen LogP contribution < -0.4 is 5.11 Å². The van der Waals surface area contributed by atoms with E-state index >= 15 is 0 Å². The molecule has 0 aliphatic rings. The number of carboxylic acid groups (broad SMARTS) is 1. The Kier molecular flexibility index (Phi) is 14.0. The fourth-order valence-corrected chi connectivity index (χ4v) is 2.77. The highest BCUT2D eigenvalue weighted by molar-refractivity contribution is 5.81.